The molecule has 84 valence electrons. The van der Waals surface area contributed by atoms with Crippen molar-refractivity contribution in [3.05, 3.63) is 11.8 Å². The summed E-state index contributed by atoms with van der Waals surface area (Å²) in [5, 5.41) is 4.45. The summed E-state index contributed by atoms with van der Waals surface area (Å²) in [6, 6.07) is 2.00. The van der Waals surface area contributed by atoms with Crippen LogP contribution in [0.25, 0.3) is 0 Å². The maximum absolute atomic E-state index is 5.82. The molecular formula is C11H20N4. The van der Waals surface area contributed by atoms with Gasteiger partial charge in [0.2, 0.25) is 0 Å². The SMILES string of the molecule is CCn1nc(CCN2CCCC2)cc1N. The molecular weight excluding hydrogens is 188 g/mol. The highest BCUT2D eigenvalue weighted by Crippen LogP contribution is 2.10. The van der Waals surface area contributed by atoms with Gasteiger partial charge >= 0.3 is 0 Å². The van der Waals surface area contributed by atoms with Gasteiger partial charge in [-0.15, -0.1) is 0 Å². The highest BCUT2D eigenvalue weighted by molar-refractivity contribution is 5.30. The van der Waals surface area contributed by atoms with Crippen LogP contribution in [0.1, 0.15) is 25.5 Å². The number of rotatable bonds is 4. The van der Waals surface area contributed by atoms with Crippen molar-refractivity contribution in [3.8, 4) is 0 Å². The van der Waals surface area contributed by atoms with E-state index in [0.29, 0.717) is 0 Å². The lowest BCUT2D eigenvalue weighted by atomic mass is 10.3. The fourth-order valence-corrected chi connectivity index (χ4v) is 2.14. The number of nitrogen functional groups attached to an aromatic ring is 1. The molecule has 2 rings (SSSR count). The van der Waals surface area contributed by atoms with E-state index in [1.807, 2.05) is 10.7 Å². The smallest absolute Gasteiger partial charge is 0.121 e. The van der Waals surface area contributed by atoms with Gasteiger partial charge in [0.25, 0.3) is 0 Å². The zero-order valence-electron chi connectivity index (χ0n) is 9.45. The van der Waals surface area contributed by atoms with Crippen LogP contribution in [0, 0.1) is 0 Å². The molecule has 4 heteroatoms. The van der Waals surface area contributed by atoms with Crippen molar-refractivity contribution in [2.45, 2.75) is 32.7 Å². The summed E-state index contributed by atoms with van der Waals surface area (Å²) in [7, 11) is 0. The Morgan fingerprint density at radius 3 is 2.73 bits per heavy atom. The van der Waals surface area contributed by atoms with Crippen LogP contribution in [0.4, 0.5) is 5.82 Å². The Morgan fingerprint density at radius 1 is 1.40 bits per heavy atom. The second kappa shape index (κ2) is 4.66. The maximum Gasteiger partial charge on any atom is 0.121 e. The van der Waals surface area contributed by atoms with E-state index in [0.717, 1.165) is 31.0 Å². The van der Waals surface area contributed by atoms with Crippen LogP contribution in [0.3, 0.4) is 0 Å². The summed E-state index contributed by atoms with van der Waals surface area (Å²) in [5.41, 5.74) is 6.95. The molecule has 0 bridgehead atoms. The van der Waals surface area contributed by atoms with Gasteiger partial charge in [-0.3, -0.25) is 4.68 Å². The number of aryl methyl sites for hydroxylation is 1. The van der Waals surface area contributed by atoms with Crippen molar-refractivity contribution in [3.63, 3.8) is 0 Å². The molecule has 2 heterocycles. The Bertz CT molecular complexity index is 312. The number of nitrogens with zero attached hydrogens (tertiary/aromatic N) is 3. The van der Waals surface area contributed by atoms with E-state index in [-0.39, 0.29) is 0 Å². The van der Waals surface area contributed by atoms with E-state index >= 15 is 0 Å². The van der Waals surface area contributed by atoms with Gasteiger partial charge in [-0.05, 0) is 32.9 Å². The monoisotopic (exact) mass is 208 g/mol. The number of nitrogens with two attached hydrogens (primary N) is 1. The van der Waals surface area contributed by atoms with E-state index in [2.05, 4.69) is 16.9 Å². The molecule has 1 aromatic heterocycles. The summed E-state index contributed by atoms with van der Waals surface area (Å²) in [5.74, 6) is 0.786. The van der Waals surface area contributed by atoms with Gasteiger partial charge in [0.05, 0.1) is 5.69 Å². The van der Waals surface area contributed by atoms with Gasteiger partial charge < -0.3 is 10.6 Å². The highest BCUT2D eigenvalue weighted by Gasteiger charge is 2.12. The van der Waals surface area contributed by atoms with Gasteiger partial charge in [0.1, 0.15) is 5.82 Å². The van der Waals surface area contributed by atoms with Crippen LogP contribution < -0.4 is 5.73 Å². The lowest BCUT2D eigenvalue weighted by Crippen LogP contribution is -2.22. The van der Waals surface area contributed by atoms with Crippen LogP contribution in [0.15, 0.2) is 6.07 Å². The summed E-state index contributed by atoms with van der Waals surface area (Å²) < 4.78 is 1.86. The largest absolute Gasteiger partial charge is 0.384 e. The number of hydrogen-bond donors (Lipinski definition) is 1. The number of aromatic nitrogens is 2. The van der Waals surface area contributed by atoms with Crippen molar-refractivity contribution < 1.29 is 0 Å². The molecule has 0 unspecified atom stereocenters. The molecule has 0 atom stereocenters. The fraction of sp³-hybridized carbons (Fsp3) is 0.727. The quantitative estimate of drug-likeness (QED) is 0.806. The Labute approximate surface area is 91.1 Å². The molecule has 2 N–H and O–H groups in total. The lowest BCUT2D eigenvalue weighted by Gasteiger charge is -2.12. The first-order valence-corrected chi connectivity index (χ1v) is 5.84. The average molecular weight is 208 g/mol. The minimum absolute atomic E-state index is 0.786. The summed E-state index contributed by atoms with van der Waals surface area (Å²) in [4.78, 5) is 2.50. The Kier molecular flexibility index (Phi) is 3.26. The van der Waals surface area contributed by atoms with Gasteiger partial charge in [-0.1, -0.05) is 0 Å². The van der Waals surface area contributed by atoms with Gasteiger partial charge in [0, 0.05) is 25.6 Å². The standard InChI is InChI=1S/C11H20N4/c1-2-15-11(12)9-10(13-15)5-8-14-6-3-4-7-14/h9H,2-8,12H2,1H3. The van der Waals surface area contributed by atoms with Crippen molar-refractivity contribution in [1.82, 2.24) is 14.7 Å². The first-order valence-electron chi connectivity index (χ1n) is 5.84. The molecule has 4 nitrogen and oxygen atoms in total. The van der Waals surface area contributed by atoms with Gasteiger partial charge in [0.15, 0.2) is 0 Å². The summed E-state index contributed by atoms with van der Waals surface area (Å²) in [6.07, 6.45) is 3.73. The Morgan fingerprint density at radius 2 is 2.13 bits per heavy atom. The maximum atomic E-state index is 5.82. The molecule has 0 saturated carbocycles. The predicted octanol–water partition coefficient (Wildman–Crippen LogP) is 1.12. The van der Waals surface area contributed by atoms with Crippen LogP contribution in [-0.2, 0) is 13.0 Å². The molecule has 15 heavy (non-hydrogen) atoms. The first kappa shape index (κ1) is 10.5. The molecule has 1 fully saturated rings. The summed E-state index contributed by atoms with van der Waals surface area (Å²) in [6.45, 7) is 6.55. The van der Waals surface area contributed by atoms with Crippen LogP contribution in [0.5, 0.6) is 0 Å². The molecule has 0 spiro atoms. The third-order valence-corrected chi connectivity index (χ3v) is 3.04. The third kappa shape index (κ3) is 2.50. The minimum atomic E-state index is 0.786. The van der Waals surface area contributed by atoms with E-state index in [4.69, 9.17) is 5.73 Å². The topological polar surface area (TPSA) is 47.1 Å². The average Bonchev–Trinajstić information content (AvgIpc) is 2.83. The normalized spacial score (nSPS) is 17.4. The zero-order valence-corrected chi connectivity index (χ0v) is 9.45. The van der Waals surface area contributed by atoms with Crippen LogP contribution in [-0.4, -0.2) is 34.3 Å². The van der Waals surface area contributed by atoms with E-state index in [9.17, 15) is 0 Å². The molecule has 0 aromatic carbocycles. The summed E-state index contributed by atoms with van der Waals surface area (Å²) >= 11 is 0. The third-order valence-electron chi connectivity index (χ3n) is 3.04. The van der Waals surface area contributed by atoms with Crippen molar-refractivity contribution in [2.24, 2.45) is 0 Å². The van der Waals surface area contributed by atoms with Gasteiger partial charge in [-0.25, -0.2) is 0 Å². The first-order chi connectivity index (χ1) is 7.29. The predicted molar refractivity (Wildman–Crippen MR) is 61.7 cm³/mol. The van der Waals surface area contributed by atoms with E-state index < -0.39 is 0 Å². The minimum Gasteiger partial charge on any atom is -0.384 e. The fourth-order valence-electron chi connectivity index (χ4n) is 2.14. The number of anilines is 1. The van der Waals surface area contributed by atoms with Gasteiger partial charge in [-0.2, -0.15) is 5.10 Å². The molecule has 1 aliphatic heterocycles. The van der Waals surface area contributed by atoms with E-state index in [1.54, 1.807) is 0 Å². The second-order valence-electron chi connectivity index (χ2n) is 4.18. The molecule has 0 amide bonds. The zero-order chi connectivity index (χ0) is 10.7. The van der Waals surface area contributed by atoms with Crippen molar-refractivity contribution >= 4 is 5.82 Å². The second-order valence-corrected chi connectivity index (χ2v) is 4.18. The van der Waals surface area contributed by atoms with Crippen LogP contribution >= 0.6 is 0 Å². The van der Waals surface area contributed by atoms with Crippen LogP contribution in [0.2, 0.25) is 0 Å². The van der Waals surface area contributed by atoms with Crippen molar-refractivity contribution in [1.29, 1.82) is 0 Å². The molecule has 1 aromatic rings. The highest BCUT2D eigenvalue weighted by atomic mass is 15.3. The van der Waals surface area contributed by atoms with E-state index in [1.165, 1.54) is 25.9 Å². The molecule has 0 radical (unpaired) electrons. The lowest BCUT2D eigenvalue weighted by molar-refractivity contribution is 0.341. The number of likely N-dealkylation sites (tertiary alicyclic amines) is 1. The molecule has 1 aliphatic rings. The molecule has 1 saturated heterocycles. The number of hydrogen-bond acceptors (Lipinski definition) is 3. The van der Waals surface area contributed by atoms with Crippen molar-refractivity contribution in [2.75, 3.05) is 25.4 Å². The Hall–Kier alpha value is -1.03. The molecule has 0 aliphatic carbocycles. The Balaban J connectivity index is 1.87.